The third-order valence-corrected chi connectivity index (χ3v) is 1.51. The first-order chi connectivity index (χ1) is 5.59. The summed E-state index contributed by atoms with van der Waals surface area (Å²) in [6.45, 7) is 3.25. The molecule has 0 amide bonds. The number of carbonyl (C=O) groups is 1. The van der Waals surface area contributed by atoms with Crippen molar-refractivity contribution in [3.8, 4) is 5.75 Å². The van der Waals surface area contributed by atoms with Gasteiger partial charge in [-0.15, -0.1) is 0 Å². The highest BCUT2D eigenvalue weighted by Crippen LogP contribution is 2.18. The van der Waals surface area contributed by atoms with Crippen LogP contribution in [0.15, 0.2) is 18.2 Å². The predicted octanol–water partition coefficient (Wildman–Crippen LogP) is 1.50. The summed E-state index contributed by atoms with van der Waals surface area (Å²) in [6, 6.07) is 5.16. The lowest BCUT2D eigenvalue weighted by atomic mass is 10.2. The first kappa shape index (κ1) is 8.59. The van der Waals surface area contributed by atoms with Crippen molar-refractivity contribution in [2.24, 2.45) is 0 Å². The number of hydrogen-bond donors (Lipinski definition) is 1. The molecule has 0 aromatic heterocycles. The van der Waals surface area contributed by atoms with Crippen molar-refractivity contribution in [1.82, 2.24) is 0 Å². The van der Waals surface area contributed by atoms with Gasteiger partial charge in [-0.05, 0) is 18.6 Å². The lowest BCUT2D eigenvalue weighted by Gasteiger charge is -2.03. The highest BCUT2D eigenvalue weighted by atomic mass is 16.5. The number of nitrogens with two attached hydrogens (primary N) is 1. The Morgan fingerprint density at radius 2 is 2.17 bits per heavy atom. The van der Waals surface area contributed by atoms with Crippen LogP contribution in [0, 0.1) is 6.92 Å². The molecule has 0 aliphatic carbocycles. The minimum atomic E-state index is -0.335. The molecule has 64 valence electrons. The third-order valence-electron chi connectivity index (χ3n) is 1.51. The summed E-state index contributed by atoms with van der Waals surface area (Å²) in [5, 5.41) is 0. The molecule has 1 rings (SSSR count). The fourth-order valence-corrected chi connectivity index (χ4v) is 0.848. The van der Waals surface area contributed by atoms with E-state index >= 15 is 0 Å². The fourth-order valence-electron chi connectivity index (χ4n) is 0.848. The number of benzene rings is 1. The van der Waals surface area contributed by atoms with Crippen molar-refractivity contribution in [2.75, 3.05) is 5.73 Å². The van der Waals surface area contributed by atoms with E-state index in [2.05, 4.69) is 0 Å². The van der Waals surface area contributed by atoms with Gasteiger partial charge in [0.25, 0.3) is 0 Å². The summed E-state index contributed by atoms with van der Waals surface area (Å²) in [7, 11) is 0. The minimum absolute atomic E-state index is 0.335. The van der Waals surface area contributed by atoms with Crippen LogP contribution in [0.4, 0.5) is 5.69 Å². The van der Waals surface area contributed by atoms with Gasteiger partial charge in [-0.2, -0.15) is 0 Å². The number of hydrogen-bond acceptors (Lipinski definition) is 3. The molecule has 0 atom stereocenters. The summed E-state index contributed by atoms with van der Waals surface area (Å²) < 4.78 is 4.83. The number of esters is 1. The quantitative estimate of drug-likeness (QED) is 0.390. The van der Waals surface area contributed by atoms with Crippen molar-refractivity contribution in [2.45, 2.75) is 13.8 Å². The van der Waals surface area contributed by atoms with Crippen molar-refractivity contribution >= 4 is 11.7 Å². The Morgan fingerprint density at radius 1 is 1.50 bits per heavy atom. The Balaban J connectivity index is 2.89. The molecule has 3 nitrogen and oxygen atoms in total. The zero-order valence-corrected chi connectivity index (χ0v) is 7.13. The molecule has 3 heteroatoms. The zero-order valence-electron chi connectivity index (χ0n) is 7.13. The van der Waals surface area contributed by atoms with Gasteiger partial charge in [-0.1, -0.05) is 6.07 Å². The van der Waals surface area contributed by atoms with E-state index in [0.717, 1.165) is 5.56 Å². The molecular weight excluding hydrogens is 154 g/mol. The zero-order chi connectivity index (χ0) is 9.14. The Bertz CT molecular complexity index is 307. The van der Waals surface area contributed by atoms with E-state index in [1.54, 1.807) is 12.1 Å². The predicted molar refractivity (Wildman–Crippen MR) is 46.9 cm³/mol. The highest BCUT2D eigenvalue weighted by Gasteiger charge is 1.99. The standard InChI is InChI=1S/C9H11NO2/c1-6-3-4-8(5-9(6)10)12-7(2)11/h3-5H,10H2,1-2H3. The number of carbonyl (C=O) groups excluding carboxylic acids is 1. The number of aryl methyl sites for hydroxylation is 1. The number of nitrogen functional groups attached to an aromatic ring is 1. The maximum absolute atomic E-state index is 10.5. The maximum atomic E-state index is 10.5. The topological polar surface area (TPSA) is 52.3 Å². The Hall–Kier alpha value is -1.51. The lowest BCUT2D eigenvalue weighted by Crippen LogP contribution is -2.02. The highest BCUT2D eigenvalue weighted by molar-refractivity contribution is 5.70. The van der Waals surface area contributed by atoms with Crippen LogP contribution in [0.25, 0.3) is 0 Å². The van der Waals surface area contributed by atoms with Gasteiger partial charge in [0.15, 0.2) is 0 Å². The summed E-state index contributed by atoms with van der Waals surface area (Å²) >= 11 is 0. The molecule has 2 N–H and O–H groups in total. The largest absolute Gasteiger partial charge is 0.427 e. The van der Waals surface area contributed by atoms with E-state index in [-0.39, 0.29) is 5.97 Å². The van der Waals surface area contributed by atoms with Gasteiger partial charge in [-0.25, -0.2) is 0 Å². The SMILES string of the molecule is CC(=O)Oc1ccc(C)c(N)c1. The Morgan fingerprint density at radius 3 is 2.67 bits per heavy atom. The first-order valence-corrected chi connectivity index (χ1v) is 3.64. The van der Waals surface area contributed by atoms with Crippen molar-refractivity contribution in [1.29, 1.82) is 0 Å². The number of ether oxygens (including phenoxy) is 1. The van der Waals surface area contributed by atoms with Gasteiger partial charge in [0.1, 0.15) is 5.75 Å². The van der Waals surface area contributed by atoms with E-state index in [1.165, 1.54) is 6.92 Å². The maximum Gasteiger partial charge on any atom is 0.308 e. The molecule has 0 bridgehead atoms. The molecule has 0 radical (unpaired) electrons. The molecule has 0 fully saturated rings. The normalized spacial score (nSPS) is 9.50. The number of rotatable bonds is 1. The molecule has 1 aromatic rings. The van der Waals surface area contributed by atoms with Crippen molar-refractivity contribution in [3.63, 3.8) is 0 Å². The Labute approximate surface area is 71.1 Å². The molecule has 0 unspecified atom stereocenters. The van der Waals surface area contributed by atoms with Crippen LogP contribution >= 0.6 is 0 Å². The van der Waals surface area contributed by atoms with Crippen molar-refractivity contribution < 1.29 is 9.53 Å². The van der Waals surface area contributed by atoms with Crippen LogP contribution in [0.2, 0.25) is 0 Å². The smallest absolute Gasteiger partial charge is 0.308 e. The molecule has 0 saturated heterocycles. The first-order valence-electron chi connectivity index (χ1n) is 3.64. The fraction of sp³-hybridized carbons (Fsp3) is 0.222. The van der Waals surface area contributed by atoms with E-state index < -0.39 is 0 Å². The van der Waals surface area contributed by atoms with Crippen LogP contribution in [0.3, 0.4) is 0 Å². The molecule has 12 heavy (non-hydrogen) atoms. The van der Waals surface area contributed by atoms with Crippen LogP contribution in [-0.4, -0.2) is 5.97 Å². The second-order valence-electron chi connectivity index (χ2n) is 2.61. The molecule has 0 aliphatic heterocycles. The van der Waals surface area contributed by atoms with Gasteiger partial charge in [-0.3, -0.25) is 4.79 Å². The third kappa shape index (κ3) is 1.99. The van der Waals surface area contributed by atoms with Crippen LogP contribution in [-0.2, 0) is 4.79 Å². The summed E-state index contributed by atoms with van der Waals surface area (Å²) in [5.74, 6) is 0.156. The summed E-state index contributed by atoms with van der Waals surface area (Å²) in [5.41, 5.74) is 7.22. The van der Waals surface area contributed by atoms with Gasteiger partial charge < -0.3 is 10.5 Å². The average Bonchev–Trinajstić information content (AvgIpc) is 1.96. The molecule has 0 spiro atoms. The van der Waals surface area contributed by atoms with Crippen LogP contribution in [0.5, 0.6) is 5.75 Å². The van der Waals surface area contributed by atoms with E-state index in [9.17, 15) is 4.79 Å². The second-order valence-corrected chi connectivity index (χ2v) is 2.61. The van der Waals surface area contributed by atoms with E-state index in [0.29, 0.717) is 11.4 Å². The van der Waals surface area contributed by atoms with Gasteiger partial charge in [0.2, 0.25) is 0 Å². The van der Waals surface area contributed by atoms with Crippen molar-refractivity contribution in [3.05, 3.63) is 23.8 Å². The summed E-state index contributed by atoms with van der Waals surface area (Å²) in [6.07, 6.45) is 0. The summed E-state index contributed by atoms with van der Waals surface area (Å²) in [4.78, 5) is 10.5. The van der Waals surface area contributed by atoms with E-state index in [1.807, 2.05) is 13.0 Å². The molecule has 0 saturated carbocycles. The molecule has 1 aromatic carbocycles. The van der Waals surface area contributed by atoms with Gasteiger partial charge in [0, 0.05) is 18.7 Å². The molecule has 0 aliphatic rings. The van der Waals surface area contributed by atoms with Gasteiger partial charge in [0.05, 0.1) is 0 Å². The Kier molecular flexibility index (Phi) is 2.33. The van der Waals surface area contributed by atoms with E-state index in [4.69, 9.17) is 10.5 Å². The lowest BCUT2D eigenvalue weighted by molar-refractivity contribution is -0.131. The van der Waals surface area contributed by atoms with Crippen LogP contribution in [0.1, 0.15) is 12.5 Å². The second kappa shape index (κ2) is 3.26. The molecular formula is C9H11NO2. The number of anilines is 1. The molecule has 0 heterocycles. The average molecular weight is 165 g/mol. The van der Waals surface area contributed by atoms with Gasteiger partial charge >= 0.3 is 5.97 Å². The minimum Gasteiger partial charge on any atom is -0.427 e. The van der Waals surface area contributed by atoms with Crippen LogP contribution < -0.4 is 10.5 Å². The monoisotopic (exact) mass is 165 g/mol.